The van der Waals surface area contributed by atoms with Crippen LogP contribution in [-0.2, 0) is 10.0 Å². The highest BCUT2D eigenvalue weighted by molar-refractivity contribution is 7.89. The average Bonchev–Trinajstić information content (AvgIpc) is 2.37. The summed E-state index contributed by atoms with van der Waals surface area (Å²) in [6, 6.07) is 3.09. The normalized spacial score (nSPS) is 11.8. The van der Waals surface area contributed by atoms with Gasteiger partial charge in [-0.2, -0.15) is 4.31 Å². The number of hydrogen-bond donors (Lipinski definition) is 2. The van der Waals surface area contributed by atoms with Crippen LogP contribution in [0.2, 0.25) is 5.02 Å². The van der Waals surface area contributed by atoms with Crippen LogP contribution in [0.15, 0.2) is 23.1 Å². The van der Waals surface area contributed by atoms with Gasteiger partial charge in [0.2, 0.25) is 10.0 Å². The largest absolute Gasteiger partial charge is 0.395 e. The molecule has 0 unspecified atom stereocenters. The van der Waals surface area contributed by atoms with Crippen molar-refractivity contribution in [1.82, 2.24) is 4.31 Å². The lowest BCUT2D eigenvalue weighted by Gasteiger charge is -2.21. The summed E-state index contributed by atoms with van der Waals surface area (Å²) in [5, 5.41) is 19.2. The minimum Gasteiger partial charge on any atom is -0.395 e. The average molecular weight is 324 g/mol. The van der Waals surface area contributed by atoms with Crippen molar-refractivity contribution in [1.29, 1.82) is 0 Å². The fourth-order valence-electron chi connectivity index (χ4n) is 1.56. The molecule has 10 heteroatoms. The molecule has 0 radical (unpaired) electrons. The minimum atomic E-state index is -3.96. The second-order valence-corrected chi connectivity index (χ2v) is 6.10. The number of halogens is 1. The Balaban J connectivity index is 3.23. The van der Waals surface area contributed by atoms with Crippen molar-refractivity contribution < 1.29 is 18.4 Å². The smallest absolute Gasteiger partial charge is 0.271 e. The number of aliphatic hydroxyl groups excluding tert-OH is 1. The summed E-state index contributed by atoms with van der Waals surface area (Å²) in [6.45, 7) is -0.420. The predicted octanol–water partition coefficient (Wildman–Crippen LogP) is 0.190. The molecule has 0 aliphatic rings. The van der Waals surface area contributed by atoms with Crippen LogP contribution in [0.3, 0.4) is 0 Å². The Morgan fingerprint density at radius 2 is 2.05 bits per heavy atom. The monoisotopic (exact) mass is 323 g/mol. The highest BCUT2D eigenvalue weighted by atomic mass is 35.5. The number of nitrogens with zero attached hydrogens (tertiary/aromatic N) is 2. The maximum Gasteiger partial charge on any atom is 0.271 e. The zero-order valence-electron chi connectivity index (χ0n) is 10.4. The summed E-state index contributed by atoms with van der Waals surface area (Å²) in [6.07, 6.45) is 0. The van der Waals surface area contributed by atoms with Crippen LogP contribution in [0.4, 0.5) is 5.69 Å². The third kappa shape index (κ3) is 3.64. The maximum atomic E-state index is 12.3. The van der Waals surface area contributed by atoms with Crippen molar-refractivity contribution in [3.05, 3.63) is 33.3 Å². The van der Waals surface area contributed by atoms with E-state index in [0.717, 1.165) is 22.5 Å². The topological polar surface area (TPSA) is 127 Å². The van der Waals surface area contributed by atoms with Crippen molar-refractivity contribution in [3.8, 4) is 0 Å². The second kappa shape index (κ2) is 6.95. The van der Waals surface area contributed by atoms with Crippen LogP contribution >= 0.6 is 11.6 Å². The molecule has 0 bridgehead atoms. The molecule has 20 heavy (non-hydrogen) atoms. The van der Waals surface area contributed by atoms with E-state index in [2.05, 4.69) is 0 Å². The molecular weight excluding hydrogens is 310 g/mol. The quantitative estimate of drug-likeness (QED) is 0.544. The third-order valence-electron chi connectivity index (χ3n) is 2.47. The number of benzene rings is 1. The number of sulfonamides is 1. The van der Waals surface area contributed by atoms with Crippen LogP contribution in [-0.4, -0.2) is 49.0 Å². The standard InChI is InChI=1S/C10H14ClN3O5S/c11-9-7-8(14(16)17)1-2-10(9)20(18,19)13(4-3-12)5-6-15/h1-2,7,15H,3-6,12H2. The second-order valence-electron chi connectivity index (χ2n) is 3.79. The number of non-ortho nitro benzene ring substituents is 1. The van der Waals surface area contributed by atoms with Gasteiger partial charge in [0.05, 0.1) is 16.6 Å². The van der Waals surface area contributed by atoms with E-state index >= 15 is 0 Å². The molecular formula is C10H14ClN3O5S. The molecule has 0 saturated carbocycles. The van der Waals surface area contributed by atoms with Crippen molar-refractivity contribution in [2.24, 2.45) is 5.73 Å². The molecule has 0 amide bonds. The first kappa shape index (κ1) is 16.8. The van der Waals surface area contributed by atoms with Gasteiger partial charge in [-0.25, -0.2) is 8.42 Å². The summed E-state index contributed by atoms with van der Waals surface area (Å²) < 4.78 is 25.6. The molecule has 8 nitrogen and oxygen atoms in total. The van der Waals surface area contributed by atoms with Crippen molar-refractivity contribution >= 4 is 27.3 Å². The maximum absolute atomic E-state index is 12.3. The lowest BCUT2D eigenvalue weighted by atomic mass is 10.3. The van der Waals surface area contributed by atoms with Crippen LogP contribution in [0.1, 0.15) is 0 Å². The van der Waals surface area contributed by atoms with E-state index in [1.165, 1.54) is 0 Å². The Morgan fingerprint density at radius 1 is 1.40 bits per heavy atom. The Hall–Kier alpha value is -1.26. The number of nitro benzene ring substituents is 1. The van der Waals surface area contributed by atoms with E-state index in [0.29, 0.717) is 0 Å². The van der Waals surface area contributed by atoms with Gasteiger partial charge >= 0.3 is 0 Å². The summed E-state index contributed by atoms with van der Waals surface area (Å²) >= 11 is 5.80. The summed E-state index contributed by atoms with van der Waals surface area (Å²) in [4.78, 5) is 9.66. The van der Waals surface area contributed by atoms with E-state index in [-0.39, 0.29) is 41.8 Å². The van der Waals surface area contributed by atoms with Gasteiger partial charge in [0.1, 0.15) is 4.90 Å². The van der Waals surface area contributed by atoms with E-state index in [1.807, 2.05) is 0 Å². The Morgan fingerprint density at radius 3 is 2.50 bits per heavy atom. The molecule has 0 spiro atoms. The highest BCUT2D eigenvalue weighted by Gasteiger charge is 2.27. The van der Waals surface area contributed by atoms with Crippen molar-refractivity contribution in [2.75, 3.05) is 26.2 Å². The Kier molecular flexibility index (Phi) is 5.84. The Bertz CT molecular complexity index is 587. The zero-order chi connectivity index (χ0) is 15.3. The zero-order valence-corrected chi connectivity index (χ0v) is 12.0. The molecule has 0 heterocycles. The van der Waals surface area contributed by atoms with Crippen LogP contribution < -0.4 is 5.73 Å². The minimum absolute atomic E-state index is 0.0101. The molecule has 1 aromatic carbocycles. The number of hydrogen-bond acceptors (Lipinski definition) is 6. The fraction of sp³-hybridized carbons (Fsp3) is 0.400. The number of nitrogens with two attached hydrogens (primary N) is 1. The van der Waals surface area contributed by atoms with E-state index in [1.54, 1.807) is 0 Å². The first-order chi connectivity index (χ1) is 9.34. The highest BCUT2D eigenvalue weighted by Crippen LogP contribution is 2.28. The molecule has 0 aliphatic heterocycles. The summed E-state index contributed by atoms with van der Waals surface area (Å²) in [7, 11) is -3.96. The third-order valence-corrected chi connectivity index (χ3v) is 4.85. The Labute approximate surface area is 121 Å². The molecule has 0 saturated heterocycles. The number of nitro groups is 1. The van der Waals surface area contributed by atoms with Crippen LogP contribution in [0, 0.1) is 10.1 Å². The molecule has 0 aromatic heterocycles. The van der Waals surface area contributed by atoms with Gasteiger partial charge in [-0.15, -0.1) is 0 Å². The summed E-state index contributed by atoms with van der Waals surface area (Å²) in [5.41, 5.74) is 5.02. The molecule has 0 fully saturated rings. The number of aliphatic hydroxyl groups is 1. The van der Waals surface area contributed by atoms with Crippen molar-refractivity contribution in [2.45, 2.75) is 4.90 Å². The molecule has 112 valence electrons. The molecule has 0 aliphatic carbocycles. The molecule has 3 N–H and O–H groups in total. The predicted molar refractivity (Wildman–Crippen MR) is 73.0 cm³/mol. The fourth-order valence-corrected chi connectivity index (χ4v) is 3.52. The van der Waals surface area contributed by atoms with Gasteiger partial charge in [-0.3, -0.25) is 10.1 Å². The van der Waals surface area contributed by atoms with Crippen LogP contribution in [0.25, 0.3) is 0 Å². The molecule has 1 aromatic rings. The molecule has 1 rings (SSSR count). The lowest BCUT2D eigenvalue weighted by molar-refractivity contribution is -0.384. The van der Waals surface area contributed by atoms with E-state index in [4.69, 9.17) is 22.4 Å². The van der Waals surface area contributed by atoms with E-state index in [9.17, 15) is 18.5 Å². The van der Waals surface area contributed by atoms with Gasteiger partial charge < -0.3 is 10.8 Å². The van der Waals surface area contributed by atoms with Gasteiger partial charge in [-0.05, 0) is 6.07 Å². The van der Waals surface area contributed by atoms with Gasteiger partial charge in [0.15, 0.2) is 0 Å². The van der Waals surface area contributed by atoms with Crippen LogP contribution in [0.5, 0.6) is 0 Å². The SMILES string of the molecule is NCCN(CCO)S(=O)(=O)c1ccc([N+](=O)[O-])cc1Cl. The van der Waals surface area contributed by atoms with Crippen molar-refractivity contribution in [3.63, 3.8) is 0 Å². The van der Waals surface area contributed by atoms with E-state index < -0.39 is 14.9 Å². The van der Waals surface area contributed by atoms with Gasteiger partial charge in [-0.1, -0.05) is 11.6 Å². The number of rotatable bonds is 7. The first-order valence-electron chi connectivity index (χ1n) is 5.59. The van der Waals surface area contributed by atoms with Gasteiger partial charge in [0.25, 0.3) is 5.69 Å². The lowest BCUT2D eigenvalue weighted by Crippen LogP contribution is -2.37. The molecule has 0 atom stereocenters. The van der Waals surface area contributed by atoms with Gasteiger partial charge in [0, 0.05) is 31.8 Å². The summed E-state index contributed by atoms with van der Waals surface area (Å²) in [5.74, 6) is 0. The first-order valence-corrected chi connectivity index (χ1v) is 7.41.